The van der Waals surface area contributed by atoms with Gasteiger partial charge in [-0.25, -0.2) is 18.4 Å². The van der Waals surface area contributed by atoms with Gasteiger partial charge in [-0.2, -0.15) is 0 Å². The molecule has 1 amide bonds. The number of hydrogen-bond donors (Lipinski definition) is 1. The topological polar surface area (TPSA) is 93.9 Å². The van der Waals surface area contributed by atoms with Gasteiger partial charge >= 0.3 is 0 Å². The molecule has 9 heteroatoms. The Kier molecular flexibility index (Phi) is 5.14. The Balaban J connectivity index is 1.61. The summed E-state index contributed by atoms with van der Waals surface area (Å²) in [5.41, 5.74) is 0.441. The number of pyridine rings is 1. The zero-order valence-electron chi connectivity index (χ0n) is 15.5. The highest BCUT2D eigenvalue weighted by Gasteiger charge is 2.52. The summed E-state index contributed by atoms with van der Waals surface area (Å²) in [6, 6.07) is 9.37. The predicted octanol–water partition coefficient (Wildman–Crippen LogP) is 3.65. The molecule has 0 radical (unpaired) electrons. The first-order chi connectivity index (χ1) is 13.9. The maximum absolute atomic E-state index is 13.4. The van der Waals surface area contributed by atoms with E-state index in [1.165, 1.54) is 30.5 Å². The summed E-state index contributed by atoms with van der Waals surface area (Å²) < 4.78 is 27.0. The fraction of sp³-hybridized carbons (Fsp3) is 0.250. The third kappa shape index (κ3) is 3.54. The van der Waals surface area contributed by atoms with Crippen LogP contribution in [0, 0.1) is 0 Å². The van der Waals surface area contributed by atoms with Crippen LogP contribution in [0.3, 0.4) is 0 Å². The van der Waals surface area contributed by atoms with Gasteiger partial charge in [-0.1, -0.05) is 24.4 Å². The van der Waals surface area contributed by atoms with E-state index < -0.39 is 20.5 Å². The molecule has 7 nitrogen and oxygen atoms in total. The molecule has 1 aliphatic rings. The van der Waals surface area contributed by atoms with E-state index in [1.807, 2.05) is 0 Å². The van der Waals surface area contributed by atoms with Crippen LogP contribution in [0.5, 0.6) is 0 Å². The van der Waals surface area contributed by atoms with Gasteiger partial charge in [-0.05, 0) is 49.2 Å². The Morgan fingerprint density at radius 1 is 1.10 bits per heavy atom. The Bertz CT molecular complexity index is 1110. The molecular formula is C20H19ClN4O3S. The maximum Gasteiger partial charge on any atom is 0.246 e. The summed E-state index contributed by atoms with van der Waals surface area (Å²) in [6.07, 6.45) is 8.44. The lowest BCUT2D eigenvalue weighted by Gasteiger charge is -2.27. The number of nitrogens with zero attached hydrogens (tertiary/aromatic N) is 3. The van der Waals surface area contributed by atoms with Crippen molar-refractivity contribution in [1.29, 1.82) is 0 Å². The normalized spacial score (nSPS) is 15.9. The van der Waals surface area contributed by atoms with Crippen LogP contribution in [0.1, 0.15) is 25.7 Å². The molecule has 2 aromatic heterocycles. The van der Waals surface area contributed by atoms with E-state index in [9.17, 15) is 13.2 Å². The lowest BCUT2D eigenvalue weighted by molar-refractivity contribution is -0.118. The van der Waals surface area contributed by atoms with Crippen molar-refractivity contribution >= 4 is 33.0 Å². The number of imidazole rings is 1. The molecule has 1 fully saturated rings. The summed E-state index contributed by atoms with van der Waals surface area (Å²) >= 11 is 5.89. The van der Waals surface area contributed by atoms with Gasteiger partial charge in [0.15, 0.2) is 14.6 Å². The largest absolute Gasteiger partial charge is 0.323 e. The highest BCUT2D eigenvalue weighted by Crippen LogP contribution is 2.41. The van der Waals surface area contributed by atoms with E-state index in [0.717, 1.165) is 0 Å². The first kappa shape index (κ1) is 19.6. The Labute approximate surface area is 173 Å². The van der Waals surface area contributed by atoms with Gasteiger partial charge < -0.3 is 5.32 Å². The van der Waals surface area contributed by atoms with Crippen LogP contribution in [-0.4, -0.2) is 33.6 Å². The molecule has 3 aromatic rings. The van der Waals surface area contributed by atoms with Gasteiger partial charge in [-0.3, -0.25) is 9.36 Å². The summed E-state index contributed by atoms with van der Waals surface area (Å²) in [4.78, 5) is 21.6. The van der Waals surface area contributed by atoms with Gasteiger partial charge in [-0.15, -0.1) is 0 Å². The average molecular weight is 431 g/mol. The average Bonchev–Trinajstić information content (AvgIpc) is 3.42. The van der Waals surface area contributed by atoms with Crippen LogP contribution in [0.25, 0.3) is 5.82 Å². The quantitative estimate of drug-likeness (QED) is 0.666. The molecular weight excluding hydrogens is 412 g/mol. The summed E-state index contributed by atoms with van der Waals surface area (Å²) in [6.45, 7) is 0. The fourth-order valence-corrected chi connectivity index (χ4v) is 5.85. The maximum atomic E-state index is 13.4. The van der Waals surface area contributed by atoms with E-state index in [-0.39, 0.29) is 17.7 Å². The minimum atomic E-state index is -3.88. The van der Waals surface area contributed by atoms with Crippen molar-refractivity contribution in [2.24, 2.45) is 0 Å². The van der Waals surface area contributed by atoms with Gasteiger partial charge in [0.2, 0.25) is 5.91 Å². The van der Waals surface area contributed by atoms with Crippen LogP contribution in [0.4, 0.5) is 5.69 Å². The molecule has 0 atom stereocenters. The van der Waals surface area contributed by atoms with Gasteiger partial charge in [0.1, 0.15) is 12.1 Å². The molecule has 29 heavy (non-hydrogen) atoms. The van der Waals surface area contributed by atoms with Crippen molar-refractivity contribution in [2.45, 2.75) is 35.3 Å². The first-order valence-electron chi connectivity index (χ1n) is 9.18. The molecule has 1 saturated carbocycles. The number of hydrogen-bond acceptors (Lipinski definition) is 5. The smallest absolute Gasteiger partial charge is 0.246 e. The third-order valence-electron chi connectivity index (χ3n) is 5.24. The lowest BCUT2D eigenvalue weighted by atomic mass is 10.1. The summed E-state index contributed by atoms with van der Waals surface area (Å²) in [5.74, 6) is 0.118. The van der Waals surface area contributed by atoms with Gasteiger partial charge in [0, 0.05) is 17.4 Å². The van der Waals surface area contributed by atoms with Crippen LogP contribution in [-0.2, 0) is 14.6 Å². The van der Waals surface area contributed by atoms with E-state index in [0.29, 0.717) is 29.4 Å². The standard InChI is InChI=1S/C20H19ClN4O3S/c21-15-3-6-17(7-4-15)29(27,28)20(9-1-2-10-20)19(26)24-16-5-8-18(23-13-16)25-12-11-22-14-25/h3-8,11-14H,1-2,9-10H2,(H,24,26). The van der Waals surface area contributed by atoms with E-state index in [2.05, 4.69) is 15.3 Å². The minimum absolute atomic E-state index is 0.104. The monoisotopic (exact) mass is 430 g/mol. The second-order valence-electron chi connectivity index (χ2n) is 6.99. The number of nitrogens with one attached hydrogen (secondary N) is 1. The number of amides is 1. The molecule has 4 rings (SSSR count). The van der Waals surface area contributed by atoms with E-state index >= 15 is 0 Å². The van der Waals surface area contributed by atoms with Crippen LogP contribution >= 0.6 is 11.6 Å². The molecule has 1 aliphatic carbocycles. The van der Waals surface area contributed by atoms with Gasteiger partial charge in [0.25, 0.3) is 0 Å². The van der Waals surface area contributed by atoms with Crippen molar-refractivity contribution in [3.05, 3.63) is 66.3 Å². The molecule has 1 aromatic carbocycles. The Hall–Kier alpha value is -2.71. The van der Waals surface area contributed by atoms with Crippen molar-refractivity contribution in [2.75, 3.05) is 5.32 Å². The van der Waals surface area contributed by atoms with Crippen LogP contribution < -0.4 is 5.32 Å². The fourth-order valence-electron chi connectivity index (χ4n) is 3.66. The Morgan fingerprint density at radius 2 is 1.83 bits per heavy atom. The van der Waals surface area contributed by atoms with Crippen molar-refractivity contribution in [3.8, 4) is 5.82 Å². The predicted molar refractivity (Wildman–Crippen MR) is 110 cm³/mol. The first-order valence-corrected chi connectivity index (χ1v) is 11.0. The second kappa shape index (κ2) is 7.61. The molecule has 0 spiro atoms. The summed E-state index contributed by atoms with van der Waals surface area (Å²) in [5, 5.41) is 3.20. The van der Waals surface area contributed by atoms with E-state index in [4.69, 9.17) is 11.6 Å². The highest BCUT2D eigenvalue weighted by atomic mass is 35.5. The third-order valence-corrected chi connectivity index (χ3v) is 8.01. The second-order valence-corrected chi connectivity index (χ2v) is 9.68. The SMILES string of the molecule is O=C(Nc1ccc(-n2ccnc2)nc1)C1(S(=O)(=O)c2ccc(Cl)cc2)CCCC1. The number of rotatable bonds is 5. The molecule has 150 valence electrons. The number of aromatic nitrogens is 3. The number of anilines is 1. The lowest BCUT2D eigenvalue weighted by Crippen LogP contribution is -2.47. The number of carbonyl (C=O) groups excluding carboxylic acids is 1. The van der Waals surface area contributed by atoms with Gasteiger partial charge in [0.05, 0.1) is 16.8 Å². The molecule has 1 N–H and O–H groups in total. The number of benzene rings is 1. The van der Waals surface area contributed by atoms with E-state index in [1.54, 1.807) is 35.4 Å². The zero-order chi connectivity index (χ0) is 20.5. The minimum Gasteiger partial charge on any atom is -0.323 e. The molecule has 2 heterocycles. The van der Waals surface area contributed by atoms with Crippen molar-refractivity contribution < 1.29 is 13.2 Å². The molecule has 0 bridgehead atoms. The Morgan fingerprint density at radius 3 is 2.41 bits per heavy atom. The number of sulfone groups is 1. The molecule has 0 unspecified atom stereocenters. The van der Waals surface area contributed by atoms with Crippen molar-refractivity contribution in [1.82, 2.24) is 14.5 Å². The zero-order valence-corrected chi connectivity index (χ0v) is 17.0. The van der Waals surface area contributed by atoms with Crippen molar-refractivity contribution in [3.63, 3.8) is 0 Å². The number of halogens is 1. The van der Waals surface area contributed by atoms with Crippen LogP contribution in [0.15, 0.2) is 66.2 Å². The molecule has 0 saturated heterocycles. The molecule has 0 aliphatic heterocycles. The van der Waals surface area contributed by atoms with Crippen LogP contribution in [0.2, 0.25) is 5.02 Å². The summed E-state index contributed by atoms with van der Waals surface area (Å²) in [7, 11) is -3.88. The number of carbonyl (C=O) groups is 1. The highest BCUT2D eigenvalue weighted by molar-refractivity contribution is 7.93.